The molecule has 2 rings (SSSR count). The second kappa shape index (κ2) is 9.13. The Morgan fingerprint density at radius 3 is 2.96 bits per heavy atom. The summed E-state index contributed by atoms with van der Waals surface area (Å²) in [6.45, 7) is 2.64. The minimum atomic E-state index is -3.88. The van der Waals surface area contributed by atoms with Gasteiger partial charge in [0.15, 0.2) is 0 Å². The molecule has 0 bridgehead atoms. The Balaban J connectivity index is 2.13. The topological polar surface area (TPSA) is 126 Å². The van der Waals surface area contributed by atoms with Crippen molar-refractivity contribution >= 4 is 19.4 Å². The van der Waals surface area contributed by atoms with Crippen LogP contribution in [0.5, 0.6) is 0 Å². The number of hydrogen-bond donors (Lipinski definition) is 0. The normalized spacial score (nSPS) is 25.0. The van der Waals surface area contributed by atoms with Crippen LogP contribution in [0.4, 0.5) is 0 Å². The SMILES string of the molecule is CO[C@@H]1C[C@H](n2cc(C)c(SCCC#N)nc2=O)O[C@@H]1COP(C)(=O)[O-]. The molecule has 0 spiro atoms. The van der Waals surface area contributed by atoms with Gasteiger partial charge in [-0.25, -0.2) is 4.79 Å². The third kappa shape index (κ3) is 5.64. The van der Waals surface area contributed by atoms with Crippen LogP contribution < -0.4 is 10.6 Å². The highest BCUT2D eigenvalue weighted by Crippen LogP contribution is 2.35. The van der Waals surface area contributed by atoms with Gasteiger partial charge in [-0.2, -0.15) is 10.2 Å². The summed E-state index contributed by atoms with van der Waals surface area (Å²) < 4.78 is 28.5. The molecule has 0 radical (unpaired) electrons. The number of methoxy groups -OCH3 is 1. The van der Waals surface area contributed by atoms with E-state index in [1.54, 1.807) is 6.20 Å². The Morgan fingerprint density at radius 1 is 1.62 bits per heavy atom. The van der Waals surface area contributed by atoms with E-state index in [-0.39, 0.29) is 6.61 Å². The molecule has 11 heteroatoms. The van der Waals surface area contributed by atoms with Gasteiger partial charge in [0, 0.05) is 38.6 Å². The van der Waals surface area contributed by atoms with Crippen molar-refractivity contribution < 1.29 is 23.5 Å². The zero-order valence-electron chi connectivity index (χ0n) is 14.8. The van der Waals surface area contributed by atoms with E-state index in [1.165, 1.54) is 23.4 Å². The summed E-state index contributed by atoms with van der Waals surface area (Å²) in [5.41, 5.74) is 0.323. The van der Waals surface area contributed by atoms with E-state index in [9.17, 15) is 14.3 Å². The Morgan fingerprint density at radius 2 is 2.35 bits per heavy atom. The first kappa shape index (κ1) is 21.1. The molecule has 0 N–H and O–H groups in total. The van der Waals surface area contributed by atoms with Crippen molar-refractivity contribution in [3.63, 3.8) is 0 Å². The average molecular weight is 402 g/mol. The molecule has 4 atom stereocenters. The third-order valence-electron chi connectivity index (χ3n) is 3.81. The van der Waals surface area contributed by atoms with Gasteiger partial charge in [-0.3, -0.25) is 4.57 Å². The lowest BCUT2D eigenvalue weighted by Crippen LogP contribution is -2.29. The molecule has 0 amide bonds. The molecular weight excluding hydrogens is 381 g/mol. The molecule has 1 unspecified atom stereocenters. The molecule has 1 aromatic rings. The van der Waals surface area contributed by atoms with Gasteiger partial charge >= 0.3 is 5.69 Å². The number of rotatable bonds is 8. The van der Waals surface area contributed by atoms with Crippen molar-refractivity contribution in [3.05, 3.63) is 22.2 Å². The van der Waals surface area contributed by atoms with Gasteiger partial charge in [-0.15, -0.1) is 11.8 Å². The highest BCUT2D eigenvalue weighted by atomic mass is 32.2. The summed E-state index contributed by atoms with van der Waals surface area (Å²) in [6, 6.07) is 2.05. The van der Waals surface area contributed by atoms with E-state index >= 15 is 0 Å². The fourth-order valence-corrected chi connectivity index (χ4v) is 3.80. The van der Waals surface area contributed by atoms with Crippen LogP contribution >= 0.6 is 19.4 Å². The molecule has 0 aromatic carbocycles. The van der Waals surface area contributed by atoms with Crippen LogP contribution in [0.3, 0.4) is 0 Å². The van der Waals surface area contributed by atoms with Gasteiger partial charge in [0.2, 0.25) is 0 Å². The Kier molecular flexibility index (Phi) is 7.41. The maximum Gasteiger partial charge on any atom is 0.350 e. The summed E-state index contributed by atoms with van der Waals surface area (Å²) in [5, 5.41) is 9.18. The lowest BCUT2D eigenvalue weighted by atomic mass is 10.2. The van der Waals surface area contributed by atoms with Crippen molar-refractivity contribution in [3.8, 4) is 6.07 Å². The second-order valence-electron chi connectivity index (χ2n) is 5.88. The molecular formula is C15H21N3O6PS-. The number of nitrogens with zero attached hydrogens (tertiary/aromatic N) is 3. The van der Waals surface area contributed by atoms with Crippen molar-refractivity contribution in [1.29, 1.82) is 5.26 Å². The van der Waals surface area contributed by atoms with E-state index in [0.29, 0.717) is 23.6 Å². The molecule has 1 fully saturated rings. The van der Waals surface area contributed by atoms with E-state index in [4.69, 9.17) is 19.3 Å². The van der Waals surface area contributed by atoms with E-state index in [1.807, 2.05) is 13.0 Å². The Labute approximate surface area is 155 Å². The van der Waals surface area contributed by atoms with Crippen LogP contribution in [0, 0.1) is 18.3 Å². The van der Waals surface area contributed by atoms with Gasteiger partial charge in [0.1, 0.15) is 25.0 Å². The number of aromatic nitrogens is 2. The fourth-order valence-electron chi connectivity index (χ4n) is 2.58. The van der Waals surface area contributed by atoms with Gasteiger partial charge in [-0.05, 0) is 12.5 Å². The zero-order valence-corrected chi connectivity index (χ0v) is 16.5. The first-order valence-electron chi connectivity index (χ1n) is 7.96. The van der Waals surface area contributed by atoms with Gasteiger partial charge in [-0.1, -0.05) is 0 Å². The number of ether oxygens (including phenoxy) is 2. The smallest absolute Gasteiger partial charge is 0.350 e. The molecule has 1 aliphatic heterocycles. The predicted molar refractivity (Wildman–Crippen MR) is 93.0 cm³/mol. The van der Waals surface area contributed by atoms with Gasteiger partial charge < -0.3 is 23.5 Å². The van der Waals surface area contributed by atoms with E-state index in [2.05, 4.69) is 4.98 Å². The number of nitriles is 1. The summed E-state index contributed by atoms with van der Waals surface area (Å²) >= 11 is 1.36. The number of thioether (sulfide) groups is 1. The molecule has 9 nitrogen and oxygen atoms in total. The summed E-state index contributed by atoms with van der Waals surface area (Å²) in [5.74, 6) is 0.561. The van der Waals surface area contributed by atoms with Crippen molar-refractivity contribution in [2.75, 3.05) is 26.1 Å². The second-order valence-corrected chi connectivity index (χ2v) is 8.77. The van der Waals surface area contributed by atoms with Crippen LogP contribution in [0.15, 0.2) is 16.0 Å². The third-order valence-corrected chi connectivity index (χ3v) is 5.52. The zero-order chi connectivity index (χ0) is 19.3. The summed E-state index contributed by atoms with van der Waals surface area (Å²) in [6.07, 6.45) is 0.780. The highest BCUT2D eigenvalue weighted by Gasteiger charge is 2.37. The number of aryl methyl sites for hydroxylation is 1. The lowest BCUT2D eigenvalue weighted by molar-refractivity contribution is -0.200. The standard InChI is InChI=1S/C15H22N3O6PS/c1-10-8-18(15(19)17-14(10)26-6-4-5-16)13-7-11(22-2)12(24-13)9-23-25(3,20)21/h8,11-13H,4,6-7,9H2,1-3H3,(H,20,21)/p-1/t11-,12-,13-/m1/s1. The summed E-state index contributed by atoms with van der Waals surface area (Å²) in [7, 11) is -2.38. The summed E-state index contributed by atoms with van der Waals surface area (Å²) in [4.78, 5) is 27.6. The van der Waals surface area contributed by atoms with Crippen molar-refractivity contribution in [1.82, 2.24) is 9.55 Å². The van der Waals surface area contributed by atoms with E-state index in [0.717, 1.165) is 12.2 Å². The minimum absolute atomic E-state index is 0.171. The minimum Gasteiger partial charge on any atom is -0.779 e. The van der Waals surface area contributed by atoms with Crippen LogP contribution in [0.2, 0.25) is 0 Å². The molecule has 2 heterocycles. The fraction of sp³-hybridized carbons (Fsp3) is 0.667. The Bertz CT molecular complexity index is 774. The molecule has 1 saturated heterocycles. The number of hydrogen-bond acceptors (Lipinski definition) is 9. The van der Waals surface area contributed by atoms with Crippen LogP contribution in [-0.4, -0.2) is 47.9 Å². The quantitative estimate of drug-likeness (QED) is 0.271. The predicted octanol–water partition coefficient (Wildman–Crippen LogP) is 1.06. The molecule has 1 aromatic heterocycles. The monoisotopic (exact) mass is 402 g/mol. The van der Waals surface area contributed by atoms with Gasteiger partial charge in [0.05, 0.1) is 18.8 Å². The maximum atomic E-state index is 12.4. The first-order chi connectivity index (χ1) is 12.2. The maximum absolute atomic E-state index is 12.4. The first-order valence-corrected chi connectivity index (χ1v) is 10.9. The highest BCUT2D eigenvalue weighted by molar-refractivity contribution is 7.99. The van der Waals surface area contributed by atoms with E-state index < -0.39 is 31.7 Å². The molecule has 0 aliphatic carbocycles. The van der Waals surface area contributed by atoms with Crippen LogP contribution in [0.25, 0.3) is 0 Å². The molecule has 144 valence electrons. The lowest BCUT2D eigenvalue weighted by Gasteiger charge is -2.23. The average Bonchev–Trinajstić information content (AvgIpc) is 2.98. The van der Waals surface area contributed by atoms with Crippen LogP contribution in [-0.2, 0) is 18.6 Å². The van der Waals surface area contributed by atoms with Crippen molar-refractivity contribution in [2.24, 2.45) is 0 Å². The molecule has 0 saturated carbocycles. The van der Waals surface area contributed by atoms with Crippen LogP contribution in [0.1, 0.15) is 24.6 Å². The van der Waals surface area contributed by atoms with Crippen molar-refractivity contribution in [2.45, 2.75) is 43.2 Å². The Hall–Kier alpha value is -1.21. The molecule has 26 heavy (non-hydrogen) atoms. The van der Waals surface area contributed by atoms with Gasteiger partial charge in [0.25, 0.3) is 0 Å². The molecule has 1 aliphatic rings. The largest absolute Gasteiger partial charge is 0.779 e.